The lowest BCUT2D eigenvalue weighted by atomic mass is 10.1. The summed E-state index contributed by atoms with van der Waals surface area (Å²) in [4.78, 5) is 23.0. The third kappa shape index (κ3) is 3.75. The van der Waals surface area contributed by atoms with Crippen LogP contribution in [-0.4, -0.2) is 29.1 Å². The Labute approximate surface area is 124 Å². The van der Waals surface area contributed by atoms with Gasteiger partial charge in [0.05, 0.1) is 6.42 Å². The van der Waals surface area contributed by atoms with Crippen molar-refractivity contribution in [2.24, 2.45) is 0 Å². The standard InChI is InChI=1S/C12H11ClN4O2S/c1-14-9(18)6-7-2-4-8(5-3-7)15-10(19)11-16-17-12(13)20-11/h2-5H,6H2,1H3,(H,14,18)(H,15,19). The summed E-state index contributed by atoms with van der Waals surface area (Å²) in [6.07, 6.45) is 0.302. The second-order valence-corrected chi connectivity index (χ2v) is 5.42. The summed E-state index contributed by atoms with van der Waals surface area (Å²) < 4.78 is 0.219. The quantitative estimate of drug-likeness (QED) is 0.901. The molecular formula is C12H11ClN4O2S. The molecule has 1 aromatic heterocycles. The molecule has 0 aliphatic carbocycles. The highest BCUT2D eigenvalue weighted by Gasteiger charge is 2.12. The molecule has 6 nitrogen and oxygen atoms in total. The number of hydrogen-bond acceptors (Lipinski definition) is 5. The molecule has 1 aromatic carbocycles. The monoisotopic (exact) mass is 310 g/mol. The first-order valence-corrected chi connectivity index (χ1v) is 6.88. The molecule has 0 atom stereocenters. The van der Waals surface area contributed by atoms with E-state index in [4.69, 9.17) is 11.6 Å². The molecule has 2 amide bonds. The molecule has 0 radical (unpaired) electrons. The van der Waals surface area contributed by atoms with E-state index in [-0.39, 0.29) is 21.3 Å². The van der Waals surface area contributed by atoms with Gasteiger partial charge in [-0.2, -0.15) is 0 Å². The Bertz CT molecular complexity index is 627. The molecule has 0 aliphatic heterocycles. The minimum Gasteiger partial charge on any atom is -0.359 e. The van der Waals surface area contributed by atoms with Gasteiger partial charge in [-0.3, -0.25) is 9.59 Å². The van der Waals surface area contributed by atoms with Gasteiger partial charge in [-0.1, -0.05) is 23.5 Å². The molecule has 0 aliphatic rings. The first-order chi connectivity index (χ1) is 9.58. The van der Waals surface area contributed by atoms with Gasteiger partial charge in [0.2, 0.25) is 15.4 Å². The Kier molecular flexibility index (Phi) is 4.65. The number of carbonyl (C=O) groups excluding carboxylic acids is 2. The van der Waals surface area contributed by atoms with Crippen LogP contribution in [0.15, 0.2) is 24.3 Å². The minimum absolute atomic E-state index is 0.0645. The van der Waals surface area contributed by atoms with Crippen LogP contribution in [0.5, 0.6) is 0 Å². The van der Waals surface area contributed by atoms with Gasteiger partial charge in [0.25, 0.3) is 5.91 Å². The van der Waals surface area contributed by atoms with E-state index < -0.39 is 0 Å². The zero-order valence-corrected chi connectivity index (χ0v) is 12.1. The Hall–Kier alpha value is -1.99. The average molecular weight is 311 g/mol. The lowest BCUT2D eigenvalue weighted by Gasteiger charge is -2.04. The summed E-state index contributed by atoms with van der Waals surface area (Å²) in [5, 5.41) is 12.6. The molecule has 0 spiro atoms. The highest BCUT2D eigenvalue weighted by molar-refractivity contribution is 7.17. The topological polar surface area (TPSA) is 84.0 Å². The molecule has 104 valence electrons. The first-order valence-electron chi connectivity index (χ1n) is 5.68. The third-order valence-electron chi connectivity index (χ3n) is 2.45. The molecular weight excluding hydrogens is 300 g/mol. The molecule has 0 unspecified atom stereocenters. The smallest absolute Gasteiger partial charge is 0.286 e. The molecule has 0 fully saturated rings. The van der Waals surface area contributed by atoms with Crippen molar-refractivity contribution in [2.45, 2.75) is 6.42 Å². The molecule has 0 bridgehead atoms. The van der Waals surface area contributed by atoms with Crippen molar-refractivity contribution >= 4 is 40.4 Å². The molecule has 20 heavy (non-hydrogen) atoms. The van der Waals surface area contributed by atoms with Crippen molar-refractivity contribution in [3.63, 3.8) is 0 Å². The zero-order valence-electron chi connectivity index (χ0n) is 10.5. The number of hydrogen-bond donors (Lipinski definition) is 2. The molecule has 8 heteroatoms. The maximum absolute atomic E-state index is 11.8. The van der Waals surface area contributed by atoms with Crippen molar-refractivity contribution in [1.82, 2.24) is 15.5 Å². The minimum atomic E-state index is -0.367. The lowest BCUT2D eigenvalue weighted by Crippen LogP contribution is -2.19. The Balaban J connectivity index is 2.00. The first kappa shape index (κ1) is 14.4. The predicted molar refractivity (Wildman–Crippen MR) is 77.1 cm³/mol. The largest absolute Gasteiger partial charge is 0.359 e. The van der Waals surface area contributed by atoms with Crippen LogP contribution in [0, 0.1) is 0 Å². The predicted octanol–water partition coefficient (Wildman–Crippen LogP) is 1.73. The summed E-state index contributed by atoms with van der Waals surface area (Å²) in [6.45, 7) is 0. The number of likely N-dealkylation sites (N-methyl/N-ethyl adjacent to an activating group) is 1. The SMILES string of the molecule is CNC(=O)Cc1ccc(NC(=O)c2nnc(Cl)s2)cc1. The Morgan fingerprint density at radius 2 is 1.95 bits per heavy atom. The van der Waals surface area contributed by atoms with Gasteiger partial charge in [-0.05, 0) is 29.3 Å². The van der Waals surface area contributed by atoms with Crippen LogP contribution < -0.4 is 10.6 Å². The summed E-state index contributed by atoms with van der Waals surface area (Å²) in [6, 6.07) is 6.99. The fraction of sp³-hybridized carbons (Fsp3) is 0.167. The van der Waals surface area contributed by atoms with Gasteiger partial charge in [0.1, 0.15) is 0 Å². The number of aromatic nitrogens is 2. The van der Waals surface area contributed by atoms with Crippen molar-refractivity contribution in [1.29, 1.82) is 0 Å². The van der Waals surface area contributed by atoms with Crippen molar-refractivity contribution in [3.05, 3.63) is 39.3 Å². The second kappa shape index (κ2) is 6.44. The average Bonchev–Trinajstić information content (AvgIpc) is 2.87. The fourth-order valence-corrected chi connectivity index (χ4v) is 2.18. The molecule has 2 aromatic rings. The van der Waals surface area contributed by atoms with Crippen LogP contribution in [0.4, 0.5) is 5.69 Å². The maximum atomic E-state index is 11.8. The number of benzene rings is 1. The van der Waals surface area contributed by atoms with E-state index >= 15 is 0 Å². The number of halogens is 1. The number of rotatable bonds is 4. The Morgan fingerprint density at radius 1 is 1.25 bits per heavy atom. The van der Waals surface area contributed by atoms with E-state index in [1.807, 2.05) is 0 Å². The normalized spacial score (nSPS) is 10.1. The van der Waals surface area contributed by atoms with Crippen LogP contribution >= 0.6 is 22.9 Å². The van der Waals surface area contributed by atoms with Crippen LogP contribution in [0.1, 0.15) is 15.4 Å². The van der Waals surface area contributed by atoms with Gasteiger partial charge < -0.3 is 10.6 Å². The van der Waals surface area contributed by atoms with Gasteiger partial charge in [0.15, 0.2) is 0 Å². The van der Waals surface area contributed by atoms with E-state index in [2.05, 4.69) is 20.8 Å². The number of amides is 2. The van der Waals surface area contributed by atoms with Crippen molar-refractivity contribution in [3.8, 4) is 0 Å². The van der Waals surface area contributed by atoms with E-state index in [1.54, 1.807) is 31.3 Å². The number of anilines is 1. The van der Waals surface area contributed by atoms with Gasteiger partial charge in [-0.25, -0.2) is 0 Å². The number of nitrogens with zero attached hydrogens (tertiary/aromatic N) is 2. The lowest BCUT2D eigenvalue weighted by molar-refractivity contribution is -0.119. The Morgan fingerprint density at radius 3 is 2.50 bits per heavy atom. The molecule has 1 heterocycles. The van der Waals surface area contributed by atoms with Crippen LogP contribution in [0.25, 0.3) is 0 Å². The van der Waals surface area contributed by atoms with E-state index in [9.17, 15) is 9.59 Å². The molecule has 0 saturated carbocycles. The fourth-order valence-electron chi connectivity index (χ4n) is 1.46. The number of carbonyl (C=O) groups is 2. The van der Waals surface area contributed by atoms with E-state index in [1.165, 1.54) is 0 Å². The summed E-state index contributed by atoms with van der Waals surface area (Å²) >= 11 is 6.63. The summed E-state index contributed by atoms with van der Waals surface area (Å²) in [5.74, 6) is -0.432. The highest BCUT2D eigenvalue weighted by atomic mass is 35.5. The van der Waals surface area contributed by atoms with Crippen LogP contribution in [0.2, 0.25) is 4.47 Å². The van der Waals surface area contributed by atoms with Gasteiger partial charge in [-0.15, -0.1) is 10.2 Å². The van der Waals surface area contributed by atoms with Crippen molar-refractivity contribution < 1.29 is 9.59 Å². The summed E-state index contributed by atoms with van der Waals surface area (Å²) in [5.41, 5.74) is 1.48. The van der Waals surface area contributed by atoms with Crippen molar-refractivity contribution in [2.75, 3.05) is 12.4 Å². The second-order valence-electron chi connectivity index (χ2n) is 3.86. The molecule has 2 rings (SSSR count). The van der Waals surface area contributed by atoms with Gasteiger partial charge in [0, 0.05) is 12.7 Å². The number of nitrogens with one attached hydrogen (secondary N) is 2. The van der Waals surface area contributed by atoms with E-state index in [0.717, 1.165) is 16.9 Å². The van der Waals surface area contributed by atoms with E-state index in [0.29, 0.717) is 12.1 Å². The maximum Gasteiger partial charge on any atom is 0.286 e. The van der Waals surface area contributed by atoms with Gasteiger partial charge >= 0.3 is 0 Å². The van der Waals surface area contributed by atoms with Crippen LogP contribution in [-0.2, 0) is 11.2 Å². The van der Waals surface area contributed by atoms with Crippen LogP contribution in [0.3, 0.4) is 0 Å². The third-order valence-corrected chi connectivity index (χ3v) is 3.47. The summed E-state index contributed by atoms with van der Waals surface area (Å²) in [7, 11) is 1.59. The highest BCUT2D eigenvalue weighted by Crippen LogP contribution is 2.17. The molecule has 0 saturated heterocycles. The molecule has 2 N–H and O–H groups in total. The zero-order chi connectivity index (χ0) is 14.5.